The summed E-state index contributed by atoms with van der Waals surface area (Å²) in [5.74, 6) is 0.956. The van der Waals surface area contributed by atoms with E-state index in [0.717, 1.165) is 35.7 Å². The van der Waals surface area contributed by atoms with E-state index in [9.17, 15) is 0 Å². The number of benzene rings is 1. The molecule has 27 heavy (non-hydrogen) atoms. The molecule has 3 aliphatic heterocycles. The van der Waals surface area contributed by atoms with Crippen LogP contribution in [0.1, 0.15) is 36.3 Å². The molecule has 2 atom stereocenters. The fourth-order valence-electron chi connectivity index (χ4n) is 4.40. The molecule has 0 amide bonds. The molecule has 3 aromatic rings. The SMILES string of the molecule is CN1CCCC1c1cnnn1N1C=NC2c3ccccc3-n3cncc3N21. The van der Waals surface area contributed by atoms with E-state index in [-0.39, 0.29) is 6.17 Å². The van der Waals surface area contributed by atoms with Crippen LogP contribution in [0.25, 0.3) is 5.69 Å². The van der Waals surface area contributed by atoms with Gasteiger partial charge in [0.25, 0.3) is 0 Å². The molecule has 0 aliphatic carbocycles. The summed E-state index contributed by atoms with van der Waals surface area (Å²) in [7, 11) is 2.15. The van der Waals surface area contributed by atoms with Crippen molar-refractivity contribution in [2.24, 2.45) is 4.99 Å². The maximum absolute atomic E-state index is 4.79. The Bertz CT molecular complexity index is 1030. The van der Waals surface area contributed by atoms with E-state index in [1.54, 1.807) is 0 Å². The van der Waals surface area contributed by atoms with Crippen LogP contribution in [0.5, 0.6) is 0 Å². The number of nitrogens with zero attached hydrogens (tertiary/aromatic N) is 9. The van der Waals surface area contributed by atoms with Crippen LogP contribution in [-0.4, -0.2) is 49.5 Å². The summed E-state index contributed by atoms with van der Waals surface area (Å²) in [5, 5.41) is 12.7. The molecule has 3 aliphatic rings. The largest absolute Gasteiger partial charge is 0.298 e. The minimum Gasteiger partial charge on any atom is -0.298 e. The van der Waals surface area contributed by atoms with Gasteiger partial charge in [-0.25, -0.2) is 15.0 Å². The van der Waals surface area contributed by atoms with E-state index in [2.05, 4.69) is 49.0 Å². The number of hydrazine groups is 1. The molecule has 0 saturated carbocycles. The molecule has 1 saturated heterocycles. The van der Waals surface area contributed by atoms with Crippen LogP contribution in [0.2, 0.25) is 0 Å². The van der Waals surface area contributed by atoms with Crippen LogP contribution in [0, 0.1) is 0 Å². The minimum absolute atomic E-state index is 0.135. The van der Waals surface area contributed by atoms with E-state index in [1.807, 2.05) is 47.1 Å². The van der Waals surface area contributed by atoms with Crippen LogP contribution in [0.15, 0.2) is 48.0 Å². The highest BCUT2D eigenvalue weighted by molar-refractivity contribution is 5.78. The zero-order valence-electron chi connectivity index (χ0n) is 14.9. The minimum atomic E-state index is -0.135. The zero-order chi connectivity index (χ0) is 18.0. The maximum atomic E-state index is 4.79. The van der Waals surface area contributed by atoms with Crippen LogP contribution < -0.4 is 10.1 Å². The van der Waals surface area contributed by atoms with E-state index < -0.39 is 0 Å². The molecule has 2 unspecified atom stereocenters. The molecule has 5 heterocycles. The molecule has 0 radical (unpaired) electrons. The van der Waals surface area contributed by atoms with Gasteiger partial charge in [-0.3, -0.25) is 9.47 Å². The van der Waals surface area contributed by atoms with E-state index in [1.165, 1.54) is 6.42 Å². The topological polar surface area (TPSA) is 70.6 Å². The van der Waals surface area contributed by atoms with Crippen molar-refractivity contribution in [3.63, 3.8) is 0 Å². The van der Waals surface area contributed by atoms with Crippen molar-refractivity contribution < 1.29 is 0 Å². The molecular weight excluding hydrogens is 342 g/mol. The van der Waals surface area contributed by atoms with Crippen molar-refractivity contribution in [3.8, 4) is 5.69 Å². The van der Waals surface area contributed by atoms with Crippen molar-refractivity contribution in [2.75, 3.05) is 23.7 Å². The lowest BCUT2D eigenvalue weighted by Crippen LogP contribution is -2.50. The Morgan fingerprint density at radius 3 is 2.96 bits per heavy atom. The summed E-state index contributed by atoms with van der Waals surface area (Å²) < 4.78 is 2.09. The van der Waals surface area contributed by atoms with E-state index >= 15 is 0 Å². The smallest absolute Gasteiger partial charge is 0.173 e. The first kappa shape index (κ1) is 14.9. The standard InChI is InChI=1S/C18H19N9/c1-23-8-4-7-15(23)16-9-21-22-27(16)25-12-20-18-13-5-2-3-6-14(13)24-11-19-10-17(24)26(18)25/h2-3,5-6,9-12,15,18H,4,7-8H2,1H3. The Kier molecular flexibility index (Phi) is 2.98. The summed E-state index contributed by atoms with van der Waals surface area (Å²) in [6, 6.07) is 8.62. The van der Waals surface area contributed by atoms with Crippen LogP contribution in [0.4, 0.5) is 5.82 Å². The second kappa shape index (κ2) is 5.40. The van der Waals surface area contributed by atoms with Gasteiger partial charge in [0.2, 0.25) is 0 Å². The number of hydrogen-bond donors (Lipinski definition) is 0. The summed E-state index contributed by atoms with van der Waals surface area (Å²) in [6.07, 6.45) is 9.56. The summed E-state index contributed by atoms with van der Waals surface area (Å²) >= 11 is 0. The molecule has 1 aromatic carbocycles. The first-order valence-electron chi connectivity index (χ1n) is 9.17. The number of fused-ring (bicyclic) bond motifs is 6. The Labute approximate surface area is 156 Å². The van der Waals surface area contributed by atoms with Gasteiger partial charge >= 0.3 is 0 Å². The van der Waals surface area contributed by atoms with Crippen LogP contribution in [0.3, 0.4) is 0 Å². The van der Waals surface area contributed by atoms with Gasteiger partial charge in [0.1, 0.15) is 18.4 Å². The Morgan fingerprint density at radius 1 is 1.15 bits per heavy atom. The van der Waals surface area contributed by atoms with Crippen molar-refractivity contribution in [3.05, 3.63) is 54.2 Å². The van der Waals surface area contributed by atoms with Gasteiger partial charge in [-0.05, 0) is 37.7 Å². The number of rotatable bonds is 2. The van der Waals surface area contributed by atoms with Crippen LogP contribution in [-0.2, 0) is 0 Å². The highest BCUT2D eigenvalue weighted by Gasteiger charge is 2.40. The Balaban J connectivity index is 1.47. The van der Waals surface area contributed by atoms with Gasteiger partial charge in [0, 0.05) is 5.56 Å². The number of aliphatic imine (C=N–C) groups is 1. The molecular formula is C18H19N9. The molecule has 0 spiro atoms. The lowest BCUT2D eigenvalue weighted by Gasteiger charge is -2.37. The lowest BCUT2D eigenvalue weighted by molar-refractivity contribution is 0.301. The number of para-hydroxylation sites is 1. The first-order valence-corrected chi connectivity index (χ1v) is 9.17. The third-order valence-corrected chi connectivity index (χ3v) is 5.70. The lowest BCUT2D eigenvalue weighted by atomic mass is 10.1. The number of aromatic nitrogens is 5. The Morgan fingerprint density at radius 2 is 2.07 bits per heavy atom. The second-order valence-corrected chi connectivity index (χ2v) is 7.17. The first-order chi connectivity index (χ1) is 13.3. The average molecular weight is 361 g/mol. The monoisotopic (exact) mass is 361 g/mol. The molecule has 0 N–H and O–H groups in total. The van der Waals surface area contributed by atoms with Crippen LogP contribution >= 0.6 is 0 Å². The fourth-order valence-corrected chi connectivity index (χ4v) is 4.40. The molecule has 9 nitrogen and oxygen atoms in total. The van der Waals surface area contributed by atoms with Crippen molar-refractivity contribution >= 4 is 12.2 Å². The summed E-state index contributed by atoms with van der Waals surface area (Å²) in [6.45, 7) is 1.09. The third kappa shape index (κ3) is 1.97. The predicted molar refractivity (Wildman–Crippen MR) is 100 cm³/mol. The number of anilines is 1. The van der Waals surface area contributed by atoms with Gasteiger partial charge in [0.05, 0.1) is 24.1 Å². The fraction of sp³-hybridized carbons (Fsp3) is 0.333. The third-order valence-electron chi connectivity index (χ3n) is 5.70. The highest BCUT2D eigenvalue weighted by Crippen LogP contribution is 2.41. The van der Waals surface area contributed by atoms with Gasteiger partial charge in [-0.15, -0.1) is 9.89 Å². The van der Waals surface area contributed by atoms with E-state index in [4.69, 9.17) is 4.99 Å². The number of hydrogen-bond acceptors (Lipinski definition) is 7. The Hall–Kier alpha value is -3.20. The zero-order valence-corrected chi connectivity index (χ0v) is 14.9. The van der Waals surface area contributed by atoms with E-state index in [0.29, 0.717) is 6.04 Å². The molecule has 1 fully saturated rings. The van der Waals surface area contributed by atoms with Crippen molar-refractivity contribution in [1.82, 2.24) is 29.6 Å². The number of imidazole rings is 1. The van der Waals surface area contributed by atoms with Crippen molar-refractivity contribution in [1.29, 1.82) is 0 Å². The molecule has 9 heteroatoms. The quantitative estimate of drug-likeness (QED) is 0.691. The average Bonchev–Trinajstić information content (AvgIpc) is 3.46. The summed E-state index contributed by atoms with van der Waals surface area (Å²) in [5.41, 5.74) is 3.33. The maximum Gasteiger partial charge on any atom is 0.173 e. The van der Waals surface area contributed by atoms with Gasteiger partial charge in [-0.1, -0.05) is 18.2 Å². The van der Waals surface area contributed by atoms with Gasteiger partial charge in [-0.2, -0.15) is 5.12 Å². The molecule has 0 bridgehead atoms. The molecule has 6 rings (SSSR count). The van der Waals surface area contributed by atoms with Crippen molar-refractivity contribution in [2.45, 2.75) is 25.0 Å². The molecule has 2 aromatic heterocycles. The summed E-state index contributed by atoms with van der Waals surface area (Å²) in [4.78, 5) is 13.4. The number of likely N-dealkylation sites (tertiary alicyclic amines) is 1. The normalized spacial score (nSPS) is 23.6. The van der Waals surface area contributed by atoms with Gasteiger partial charge < -0.3 is 0 Å². The predicted octanol–water partition coefficient (Wildman–Crippen LogP) is 1.64. The molecule has 136 valence electrons. The highest BCUT2D eigenvalue weighted by atomic mass is 15.9. The second-order valence-electron chi connectivity index (χ2n) is 7.17. The van der Waals surface area contributed by atoms with Gasteiger partial charge in [0.15, 0.2) is 12.0 Å².